The molecule has 3 heteroatoms. The summed E-state index contributed by atoms with van der Waals surface area (Å²) in [5, 5.41) is 0. The molecule has 0 N–H and O–H groups in total. The molecule has 1 amide bonds. The largest absolute Gasteiger partial charge is 0.332 e. The van der Waals surface area contributed by atoms with E-state index >= 15 is 0 Å². The number of hydrogen-bond donors (Lipinski definition) is 0. The molecular formula is C16H21NO2. The first-order valence-corrected chi connectivity index (χ1v) is 6.86. The van der Waals surface area contributed by atoms with Crippen molar-refractivity contribution in [1.29, 1.82) is 0 Å². The van der Waals surface area contributed by atoms with Crippen LogP contribution in [0, 0.1) is 5.92 Å². The maximum Gasteiger partial charge on any atom is 0.225 e. The lowest BCUT2D eigenvalue weighted by Gasteiger charge is -2.24. The van der Waals surface area contributed by atoms with Gasteiger partial charge in [-0.3, -0.25) is 9.59 Å². The molecule has 0 saturated carbocycles. The van der Waals surface area contributed by atoms with Crippen LogP contribution in [0.4, 0.5) is 0 Å². The Labute approximate surface area is 114 Å². The van der Waals surface area contributed by atoms with Crippen LogP contribution >= 0.6 is 0 Å². The van der Waals surface area contributed by atoms with Crippen LogP contribution in [0.1, 0.15) is 38.7 Å². The lowest BCUT2D eigenvalue weighted by molar-refractivity contribution is -0.139. The van der Waals surface area contributed by atoms with E-state index in [1.165, 1.54) is 5.56 Å². The van der Waals surface area contributed by atoms with Crippen molar-refractivity contribution in [2.75, 3.05) is 6.54 Å². The molecular weight excluding hydrogens is 238 g/mol. The summed E-state index contributed by atoms with van der Waals surface area (Å²) in [7, 11) is 0. The number of rotatable bonds is 3. The molecule has 0 bridgehead atoms. The highest BCUT2D eigenvalue weighted by Gasteiger charge is 2.38. The highest BCUT2D eigenvalue weighted by molar-refractivity contribution is 5.89. The molecule has 0 aliphatic carbocycles. The number of benzene rings is 1. The van der Waals surface area contributed by atoms with Crippen LogP contribution in [0.2, 0.25) is 0 Å². The molecule has 1 aliphatic heterocycles. The Kier molecular flexibility index (Phi) is 4.03. The lowest BCUT2D eigenvalue weighted by Crippen LogP contribution is -2.41. The zero-order chi connectivity index (χ0) is 14.0. The van der Waals surface area contributed by atoms with Gasteiger partial charge in [0.05, 0.1) is 6.04 Å². The van der Waals surface area contributed by atoms with Crippen LogP contribution in [0.3, 0.4) is 0 Å². The van der Waals surface area contributed by atoms with Crippen LogP contribution < -0.4 is 0 Å². The molecule has 0 spiro atoms. The normalized spacial score (nSPS) is 22.8. The molecule has 1 heterocycles. The summed E-state index contributed by atoms with van der Waals surface area (Å²) in [6, 6.07) is 9.89. The van der Waals surface area contributed by atoms with Gasteiger partial charge in [-0.15, -0.1) is 0 Å². The monoisotopic (exact) mass is 259 g/mol. The van der Waals surface area contributed by atoms with Crippen molar-refractivity contribution >= 4 is 11.7 Å². The summed E-state index contributed by atoms with van der Waals surface area (Å²) < 4.78 is 0. The average Bonchev–Trinajstić information content (AvgIpc) is 2.83. The number of carbonyl (C=O) groups excluding carboxylic acids is 2. The molecule has 2 rings (SSSR count). The van der Waals surface area contributed by atoms with Gasteiger partial charge in [-0.2, -0.15) is 0 Å². The van der Waals surface area contributed by atoms with Crippen LogP contribution in [0.25, 0.3) is 0 Å². The summed E-state index contributed by atoms with van der Waals surface area (Å²) in [6.45, 7) is 6.01. The van der Waals surface area contributed by atoms with Crippen LogP contribution in [0.5, 0.6) is 0 Å². The highest BCUT2D eigenvalue weighted by atomic mass is 16.2. The van der Waals surface area contributed by atoms with Gasteiger partial charge in [0.1, 0.15) is 0 Å². The third kappa shape index (κ3) is 2.86. The zero-order valence-corrected chi connectivity index (χ0v) is 11.8. The summed E-state index contributed by atoms with van der Waals surface area (Å²) in [5.74, 6) is 0.389. The number of likely N-dealkylation sites (tertiary alicyclic amines) is 1. The summed E-state index contributed by atoms with van der Waals surface area (Å²) in [4.78, 5) is 25.7. The maximum atomic E-state index is 12.2. The van der Waals surface area contributed by atoms with Gasteiger partial charge in [0.15, 0.2) is 5.78 Å². The van der Waals surface area contributed by atoms with E-state index in [1.54, 1.807) is 11.8 Å². The van der Waals surface area contributed by atoms with Crippen molar-refractivity contribution in [2.45, 2.75) is 39.2 Å². The van der Waals surface area contributed by atoms with Gasteiger partial charge in [-0.1, -0.05) is 44.2 Å². The minimum Gasteiger partial charge on any atom is -0.332 e. The number of ketones is 1. The number of amides is 1. The van der Waals surface area contributed by atoms with Crippen LogP contribution in [0.15, 0.2) is 30.3 Å². The van der Waals surface area contributed by atoms with Gasteiger partial charge in [0.25, 0.3) is 0 Å². The Balaban J connectivity index is 2.21. The van der Waals surface area contributed by atoms with Crippen molar-refractivity contribution in [2.24, 2.45) is 5.92 Å². The van der Waals surface area contributed by atoms with Crippen molar-refractivity contribution in [3.05, 3.63) is 35.9 Å². The highest BCUT2D eigenvalue weighted by Crippen LogP contribution is 2.32. The Bertz CT molecular complexity index is 467. The second-order valence-corrected chi connectivity index (χ2v) is 5.62. The standard InChI is InChI=1S/C16H21NO2/c1-11(2)16(19)17-10-14(9-15(17)12(3)18)13-7-5-4-6-8-13/h4-8,11,14-15H,9-10H2,1-3H3. The third-order valence-corrected chi connectivity index (χ3v) is 3.82. The number of carbonyl (C=O) groups is 2. The molecule has 19 heavy (non-hydrogen) atoms. The predicted molar refractivity (Wildman–Crippen MR) is 74.8 cm³/mol. The van der Waals surface area contributed by atoms with Gasteiger partial charge in [0.2, 0.25) is 5.91 Å². The van der Waals surface area contributed by atoms with E-state index in [1.807, 2.05) is 32.0 Å². The van der Waals surface area contributed by atoms with Gasteiger partial charge >= 0.3 is 0 Å². The molecule has 1 aliphatic rings. The SMILES string of the molecule is CC(=O)C1CC(c2ccccc2)CN1C(=O)C(C)C. The first kappa shape index (κ1) is 13.8. The Morgan fingerprint density at radius 2 is 1.84 bits per heavy atom. The Morgan fingerprint density at radius 3 is 2.37 bits per heavy atom. The fourth-order valence-corrected chi connectivity index (χ4v) is 2.76. The lowest BCUT2D eigenvalue weighted by atomic mass is 9.95. The Hall–Kier alpha value is -1.64. The van der Waals surface area contributed by atoms with Crippen molar-refractivity contribution in [3.8, 4) is 0 Å². The van der Waals surface area contributed by atoms with Gasteiger partial charge in [0, 0.05) is 18.4 Å². The molecule has 2 atom stereocenters. The second-order valence-electron chi connectivity index (χ2n) is 5.62. The fourth-order valence-electron chi connectivity index (χ4n) is 2.76. The summed E-state index contributed by atoms with van der Waals surface area (Å²) in [6.07, 6.45) is 0.748. The number of hydrogen-bond acceptors (Lipinski definition) is 2. The molecule has 102 valence electrons. The maximum absolute atomic E-state index is 12.2. The molecule has 3 nitrogen and oxygen atoms in total. The summed E-state index contributed by atoms with van der Waals surface area (Å²) in [5.41, 5.74) is 1.22. The van der Waals surface area contributed by atoms with E-state index in [2.05, 4.69) is 12.1 Å². The number of Topliss-reactive ketones (excluding diaryl/α,β-unsaturated/α-hetero) is 1. The molecule has 1 saturated heterocycles. The first-order valence-electron chi connectivity index (χ1n) is 6.86. The minimum atomic E-state index is -0.250. The fraction of sp³-hybridized carbons (Fsp3) is 0.500. The molecule has 1 aromatic carbocycles. The second kappa shape index (κ2) is 5.55. The molecule has 0 aromatic heterocycles. The van der Waals surface area contributed by atoms with Crippen LogP contribution in [-0.2, 0) is 9.59 Å². The third-order valence-electron chi connectivity index (χ3n) is 3.82. The smallest absolute Gasteiger partial charge is 0.225 e. The van der Waals surface area contributed by atoms with Crippen molar-refractivity contribution in [3.63, 3.8) is 0 Å². The van der Waals surface area contributed by atoms with E-state index in [9.17, 15) is 9.59 Å². The van der Waals surface area contributed by atoms with Gasteiger partial charge < -0.3 is 4.90 Å². The first-order chi connectivity index (χ1) is 9.00. The Morgan fingerprint density at radius 1 is 1.21 bits per heavy atom. The van der Waals surface area contributed by atoms with Crippen LogP contribution in [-0.4, -0.2) is 29.2 Å². The van der Waals surface area contributed by atoms with E-state index in [0.717, 1.165) is 6.42 Å². The molecule has 1 fully saturated rings. The minimum absolute atomic E-state index is 0.0589. The van der Waals surface area contributed by atoms with Gasteiger partial charge in [-0.05, 0) is 18.9 Å². The van der Waals surface area contributed by atoms with E-state index in [-0.39, 0.29) is 29.6 Å². The van der Waals surface area contributed by atoms with E-state index in [4.69, 9.17) is 0 Å². The topological polar surface area (TPSA) is 37.4 Å². The molecule has 1 aromatic rings. The molecule has 0 radical (unpaired) electrons. The van der Waals surface area contributed by atoms with Crippen molar-refractivity contribution in [1.82, 2.24) is 4.90 Å². The van der Waals surface area contributed by atoms with Crippen molar-refractivity contribution < 1.29 is 9.59 Å². The zero-order valence-electron chi connectivity index (χ0n) is 11.8. The molecule has 2 unspecified atom stereocenters. The average molecular weight is 259 g/mol. The quantitative estimate of drug-likeness (QED) is 0.836. The van der Waals surface area contributed by atoms with E-state index in [0.29, 0.717) is 6.54 Å². The summed E-state index contributed by atoms with van der Waals surface area (Å²) >= 11 is 0. The predicted octanol–water partition coefficient (Wildman–Crippen LogP) is 2.62. The number of nitrogens with zero attached hydrogens (tertiary/aromatic N) is 1. The van der Waals surface area contributed by atoms with Gasteiger partial charge in [-0.25, -0.2) is 0 Å². The van der Waals surface area contributed by atoms with E-state index < -0.39 is 0 Å².